The fraction of sp³-hybridized carbons (Fsp3) is 0. The van der Waals surface area contributed by atoms with E-state index in [4.69, 9.17) is 0 Å². The Balaban J connectivity index is 1.26. The van der Waals surface area contributed by atoms with E-state index in [0.29, 0.717) is 0 Å². The van der Waals surface area contributed by atoms with Crippen molar-refractivity contribution in [2.45, 2.75) is 0 Å². The van der Waals surface area contributed by atoms with Gasteiger partial charge in [0.1, 0.15) is 0 Å². The fourth-order valence-electron chi connectivity index (χ4n) is 6.84. The molecule has 1 heteroatoms. The lowest BCUT2D eigenvalue weighted by Gasteiger charge is -2.16. The molecule has 0 saturated heterocycles. The van der Waals surface area contributed by atoms with Crippen molar-refractivity contribution in [1.82, 2.24) is 0 Å². The Kier molecular flexibility index (Phi) is 5.47. The topological polar surface area (TPSA) is 0 Å². The largest absolute Gasteiger partial charge is 0.135 e. The Morgan fingerprint density at radius 2 is 0.953 bits per heavy atom. The molecule has 0 unspecified atom stereocenters. The molecule has 43 heavy (non-hydrogen) atoms. The van der Waals surface area contributed by atoms with Crippen LogP contribution in [0.5, 0.6) is 0 Å². The average Bonchev–Trinajstić information content (AvgIpc) is 3.51. The third kappa shape index (κ3) is 3.90. The van der Waals surface area contributed by atoms with Gasteiger partial charge in [-0.05, 0) is 94.5 Å². The van der Waals surface area contributed by atoms with Crippen LogP contribution in [0.1, 0.15) is 0 Å². The summed E-state index contributed by atoms with van der Waals surface area (Å²) in [4.78, 5) is 1.32. The lowest BCUT2D eigenvalue weighted by molar-refractivity contribution is 1.64. The van der Waals surface area contributed by atoms with Crippen LogP contribution in [0.25, 0.3) is 85.9 Å². The quantitative estimate of drug-likeness (QED) is 0.148. The second-order valence-corrected chi connectivity index (χ2v) is 12.4. The van der Waals surface area contributed by atoms with E-state index in [1.54, 1.807) is 0 Å². The van der Waals surface area contributed by atoms with Crippen LogP contribution in [-0.2, 0) is 0 Å². The molecule has 0 fully saturated rings. The second kappa shape index (κ2) is 9.66. The van der Waals surface area contributed by atoms with Crippen LogP contribution in [0, 0.1) is 0 Å². The Morgan fingerprint density at radius 1 is 0.326 bits per heavy atom. The van der Waals surface area contributed by atoms with Crippen molar-refractivity contribution in [1.29, 1.82) is 0 Å². The van der Waals surface area contributed by atoms with Crippen molar-refractivity contribution in [2.24, 2.45) is 0 Å². The number of benzene rings is 8. The number of rotatable bonds is 3. The van der Waals surface area contributed by atoms with Gasteiger partial charge >= 0.3 is 0 Å². The Labute approximate surface area is 254 Å². The van der Waals surface area contributed by atoms with E-state index in [1.807, 2.05) is 11.3 Å². The predicted octanol–water partition coefficient (Wildman–Crippen LogP) is 12.5. The molecule has 9 aromatic rings. The summed E-state index contributed by atoms with van der Waals surface area (Å²) in [5.74, 6) is 0. The number of hydrogen-bond acceptors (Lipinski definition) is 1. The molecule has 0 radical (unpaired) electrons. The summed E-state index contributed by atoms with van der Waals surface area (Å²) in [6, 6.07) is 58.0. The molecule has 200 valence electrons. The minimum atomic E-state index is 1.24. The molecule has 0 aliphatic heterocycles. The first-order chi connectivity index (χ1) is 21.3. The molecule has 0 atom stereocenters. The van der Waals surface area contributed by atoms with E-state index in [1.165, 1.54) is 85.9 Å². The van der Waals surface area contributed by atoms with E-state index < -0.39 is 0 Å². The molecule has 9 rings (SSSR count). The van der Waals surface area contributed by atoms with Crippen molar-refractivity contribution in [3.63, 3.8) is 0 Å². The van der Waals surface area contributed by atoms with Crippen molar-refractivity contribution < 1.29 is 0 Å². The van der Waals surface area contributed by atoms with Crippen molar-refractivity contribution in [3.05, 3.63) is 158 Å². The highest BCUT2D eigenvalue weighted by atomic mass is 32.1. The average molecular weight is 563 g/mol. The third-order valence-electron chi connectivity index (χ3n) is 8.87. The zero-order chi connectivity index (χ0) is 28.3. The summed E-state index contributed by atoms with van der Waals surface area (Å²) in [6.07, 6.45) is 0. The fourth-order valence-corrected chi connectivity index (χ4v) is 7.94. The summed E-state index contributed by atoms with van der Waals surface area (Å²) < 4.78 is 1.33. The molecular formula is C42H26S. The first-order valence-electron chi connectivity index (χ1n) is 14.8. The van der Waals surface area contributed by atoms with Crippen LogP contribution >= 0.6 is 11.3 Å². The standard InChI is InChI=1S/C42H26S/c1-4-13-32-27(9-1)12-7-15-33(32)28-19-21-29(22-20-28)42-34-14-5-2-10-30(34)25-39-35-16-8-17-37(36(35)23-24-38(39)42)41-26-31-11-3-6-18-40(31)43-41/h1-26H. The van der Waals surface area contributed by atoms with Crippen LogP contribution < -0.4 is 0 Å². The number of hydrogen-bond donors (Lipinski definition) is 0. The van der Waals surface area contributed by atoms with Gasteiger partial charge in [0.2, 0.25) is 0 Å². The minimum Gasteiger partial charge on any atom is -0.135 e. The van der Waals surface area contributed by atoms with Crippen molar-refractivity contribution >= 4 is 64.5 Å². The highest BCUT2D eigenvalue weighted by Gasteiger charge is 2.15. The zero-order valence-electron chi connectivity index (χ0n) is 23.4. The van der Waals surface area contributed by atoms with Gasteiger partial charge in [-0.2, -0.15) is 0 Å². The monoisotopic (exact) mass is 562 g/mol. The van der Waals surface area contributed by atoms with Crippen LogP contribution in [0.15, 0.2) is 158 Å². The zero-order valence-corrected chi connectivity index (χ0v) is 24.2. The van der Waals surface area contributed by atoms with Crippen LogP contribution in [0.4, 0.5) is 0 Å². The van der Waals surface area contributed by atoms with Gasteiger partial charge in [0.15, 0.2) is 0 Å². The molecular weight excluding hydrogens is 537 g/mol. The number of thiophene rings is 1. The maximum absolute atomic E-state index is 2.38. The van der Waals surface area contributed by atoms with Gasteiger partial charge < -0.3 is 0 Å². The predicted molar refractivity (Wildman–Crippen MR) is 188 cm³/mol. The first-order valence-corrected chi connectivity index (χ1v) is 15.6. The molecule has 1 aromatic heterocycles. The van der Waals surface area contributed by atoms with Crippen LogP contribution in [0.3, 0.4) is 0 Å². The molecule has 1 heterocycles. The smallest absolute Gasteiger partial charge is 0.0361 e. The maximum Gasteiger partial charge on any atom is 0.0361 e. The molecule has 8 aromatic carbocycles. The van der Waals surface area contributed by atoms with Gasteiger partial charge in [-0.3, -0.25) is 0 Å². The Hall–Kier alpha value is -5.24. The Morgan fingerprint density at radius 3 is 1.81 bits per heavy atom. The molecule has 0 N–H and O–H groups in total. The van der Waals surface area contributed by atoms with Gasteiger partial charge in [-0.25, -0.2) is 0 Å². The van der Waals surface area contributed by atoms with E-state index in [2.05, 4.69) is 158 Å². The molecule has 0 aliphatic carbocycles. The summed E-state index contributed by atoms with van der Waals surface area (Å²) in [5, 5.41) is 11.6. The van der Waals surface area contributed by atoms with E-state index in [-0.39, 0.29) is 0 Å². The maximum atomic E-state index is 2.38. The highest BCUT2D eigenvalue weighted by molar-refractivity contribution is 7.22. The lowest BCUT2D eigenvalue weighted by Crippen LogP contribution is -1.88. The van der Waals surface area contributed by atoms with Crippen LogP contribution in [-0.4, -0.2) is 0 Å². The SMILES string of the molecule is c1ccc2sc(-c3cccc4c3ccc3c(-c5ccc(-c6cccc7ccccc67)cc5)c5ccccc5cc34)cc2c1. The molecule has 0 saturated carbocycles. The summed E-state index contributed by atoms with van der Waals surface area (Å²) in [6.45, 7) is 0. The van der Waals surface area contributed by atoms with Crippen LogP contribution in [0.2, 0.25) is 0 Å². The molecule has 0 spiro atoms. The number of fused-ring (bicyclic) bond motifs is 6. The van der Waals surface area contributed by atoms with Gasteiger partial charge in [0.25, 0.3) is 0 Å². The summed E-state index contributed by atoms with van der Waals surface area (Å²) >= 11 is 1.87. The van der Waals surface area contributed by atoms with Crippen molar-refractivity contribution in [3.8, 4) is 32.7 Å². The van der Waals surface area contributed by atoms with E-state index in [9.17, 15) is 0 Å². The van der Waals surface area contributed by atoms with Crippen molar-refractivity contribution in [2.75, 3.05) is 0 Å². The van der Waals surface area contributed by atoms with Gasteiger partial charge in [-0.15, -0.1) is 11.3 Å². The van der Waals surface area contributed by atoms with E-state index in [0.717, 1.165) is 0 Å². The third-order valence-corrected chi connectivity index (χ3v) is 10.0. The molecule has 0 aliphatic rings. The van der Waals surface area contributed by atoms with Gasteiger partial charge in [0, 0.05) is 9.58 Å². The minimum absolute atomic E-state index is 1.24. The molecule has 0 amide bonds. The summed E-state index contributed by atoms with van der Waals surface area (Å²) in [7, 11) is 0. The van der Waals surface area contributed by atoms with E-state index >= 15 is 0 Å². The highest BCUT2D eigenvalue weighted by Crippen LogP contribution is 2.43. The van der Waals surface area contributed by atoms with Gasteiger partial charge in [0.05, 0.1) is 0 Å². The van der Waals surface area contributed by atoms with Gasteiger partial charge in [-0.1, -0.05) is 140 Å². The normalized spacial score (nSPS) is 11.7. The lowest BCUT2D eigenvalue weighted by atomic mass is 9.88. The Bertz CT molecular complexity index is 2460. The molecule has 0 bridgehead atoms. The first kappa shape index (κ1) is 24.4. The summed E-state index contributed by atoms with van der Waals surface area (Å²) in [5.41, 5.74) is 6.35. The second-order valence-electron chi connectivity index (χ2n) is 11.3. The molecule has 0 nitrogen and oxygen atoms in total.